The number of benzene rings is 6. The third-order valence-corrected chi connectivity index (χ3v) is 18.5. The third kappa shape index (κ3) is 49.9. The summed E-state index contributed by atoms with van der Waals surface area (Å²) in [5, 5.41) is 89.2. The number of unbranched alkanes of at least 4 members (excludes halogenated alkanes) is 1. The zero-order valence-corrected chi connectivity index (χ0v) is 79.4. The van der Waals surface area contributed by atoms with Crippen LogP contribution < -0.4 is 40.7 Å². The van der Waals surface area contributed by atoms with E-state index in [9.17, 15) is 78.0 Å². The molecule has 0 aliphatic carbocycles. The quantitative estimate of drug-likeness (QED) is 0.00304. The van der Waals surface area contributed by atoms with Gasteiger partial charge in [0.1, 0.15) is 71.1 Å². The predicted molar refractivity (Wildman–Crippen MR) is 492 cm³/mol. The number of aliphatic carboxylic acids is 4. The number of hydrogen-bond acceptors (Lipinski definition) is 32. The van der Waals surface area contributed by atoms with Crippen LogP contribution in [0.5, 0.6) is 28.7 Å². The molecule has 5 saturated heterocycles. The Morgan fingerprint density at radius 1 is 0.545 bits per heavy atom. The van der Waals surface area contributed by atoms with Crippen LogP contribution in [0.25, 0.3) is 0 Å². The molecule has 38 nitrogen and oxygen atoms in total. The molecule has 750 valence electrons. The Morgan fingerprint density at radius 3 is 1.25 bits per heavy atom. The molecule has 0 amide bonds. The molecule has 0 bridgehead atoms. The van der Waals surface area contributed by atoms with E-state index in [4.69, 9.17) is 102 Å². The van der Waals surface area contributed by atoms with Crippen molar-refractivity contribution < 1.29 is 201 Å². The number of aliphatic hydroxyl groups excluding tert-OH is 6. The minimum atomic E-state index is -4.67. The molecule has 0 radical (unpaired) electrons. The summed E-state index contributed by atoms with van der Waals surface area (Å²) in [5.41, 5.74) is 3.81. The highest BCUT2D eigenvalue weighted by molar-refractivity contribution is 14.1. The largest absolute Gasteiger partial charge is 1.00 e. The number of carbonyl (C=O) groups is 12. The Labute approximate surface area is 806 Å². The number of ether oxygens (including phenoxy) is 12. The lowest BCUT2D eigenvalue weighted by molar-refractivity contribution is -0.153. The van der Waals surface area contributed by atoms with Gasteiger partial charge >= 0.3 is 70.1 Å². The Balaban J connectivity index is -0.000000717. The van der Waals surface area contributed by atoms with Gasteiger partial charge in [0.25, 0.3) is 0 Å². The first-order valence-electron chi connectivity index (χ1n) is 41.1. The monoisotopic (exact) mass is 2090 g/mol. The van der Waals surface area contributed by atoms with Gasteiger partial charge < -0.3 is 125 Å². The molecule has 0 spiro atoms. The molecule has 0 aromatic heterocycles. The van der Waals surface area contributed by atoms with Crippen molar-refractivity contribution in [2.24, 2.45) is 29.6 Å². The van der Waals surface area contributed by atoms with Crippen molar-refractivity contribution >= 4 is 105 Å². The molecule has 6 aromatic rings. The number of rotatable bonds is 29. The summed E-state index contributed by atoms with van der Waals surface area (Å²) in [5.74, 6) is -6.09. The van der Waals surface area contributed by atoms with E-state index in [1.165, 1.54) is 21.3 Å². The van der Waals surface area contributed by atoms with E-state index in [1.54, 1.807) is 144 Å². The van der Waals surface area contributed by atoms with Gasteiger partial charge in [-0.05, 0) is 88.3 Å². The van der Waals surface area contributed by atoms with Gasteiger partial charge in [-0.2, -0.15) is 8.42 Å². The second-order valence-electron chi connectivity index (χ2n) is 28.1. The van der Waals surface area contributed by atoms with Crippen LogP contribution in [-0.4, -0.2) is 233 Å². The summed E-state index contributed by atoms with van der Waals surface area (Å²) >= 11 is 1.96. The third-order valence-electron chi connectivity index (χ3n) is 18.5. The molecule has 0 saturated carbocycles. The minimum Gasteiger partial charge on any atom is -1.00 e. The highest BCUT2D eigenvalue weighted by Gasteiger charge is 2.45. The summed E-state index contributed by atoms with van der Waals surface area (Å²) in [7, 11) is 4.61. The topological polar surface area (TPSA) is 593 Å². The molecule has 5 aliphatic rings. The molecule has 12 N–H and O–H groups in total. The van der Waals surface area contributed by atoms with Gasteiger partial charge in [-0.3, -0.25) is 66.6 Å². The molecule has 5 fully saturated rings. The lowest BCUT2D eigenvalue weighted by atomic mass is 9.92. The van der Waals surface area contributed by atoms with Crippen LogP contribution in [0.1, 0.15) is 207 Å². The maximum atomic E-state index is 11.9. The van der Waals surface area contributed by atoms with Gasteiger partial charge in [0.05, 0.1) is 104 Å². The van der Waals surface area contributed by atoms with E-state index < -0.39 is 119 Å². The van der Waals surface area contributed by atoms with Crippen molar-refractivity contribution in [1.82, 2.24) is 0 Å². The highest BCUT2D eigenvalue weighted by Crippen LogP contribution is 2.44. The van der Waals surface area contributed by atoms with Crippen LogP contribution in [-0.2, 0) is 91.5 Å². The first kappa shape index (κ1) is 127. The molecule has 5 heterocycles. The smallest absolute Gasteiger partial charge is 0.394 e. The van der Waals surface area contributed by atoms with E-state index in [2.05, 4.69) is 4.74 Å². The number of carboxylic acids is 4. The zero-order valence-electron chi connectivity index (χ0n) is 75.9. The Hall–Kier alpha value is -10.9. The first-order valence-corrected chi connectivity index (χ1v) is 43.3. The minimum absolute atomic E-state index is 0. The average molecular weight is 2090 g/mol. The van der Waals surface area contributed by atoms with Gasteiger partial charge in [-0.25, -0.2) is 0 Å². The van der Waals surface area contributed by atoms with Crippen molar-refractivity contribution in [1.29, 1.82) is 0 Å². The molecule has 4 unspecified atom stereocenters. The molecule has 134 heavy (non-hydrogen) atoms. The molecule has 11 rings (SSSR count). The van der Waals surface area contributed by atoms with Crippen molar-refractivity contribution in [3.05, 3.63) is 197 Å². The number of para-hydroxylation sites is 5. The van der Waals surface area contributed by atoms with Gasteiger partial charge in [-0.1, -0.05) is 172 Å². The van der Waals surface area contributed by atoms with Crippen LogP contribution in [0, 0.1) is 29.6 Å². The number of carboxylic acid groups (broad SMARTS) is 4. The van der Waals surface area contributed by atoms with Crippen LogP contribution in [0.4, 0.5) is 0 Å². The number of aliphatic hydroxyl groups is 6. The summed E-state index contributed by atoms with van der Waals surface area (Å²) in [6.45, 7) is 9.48. The van der Waals surface area contributed by atoms with E-state index in [0.717, 1.165) is 30.4 Å². The predicted octanol–water partition coefficient (Wildman–Crippen LogP) is 9.36. The van der Waals surface area contributed by atoms with E-state index in [-0.39, 0.29) is 127 Å². The van der Waals surface area contributed by atoms with Gasteiger partial charge in [0, 0.05) is 92.8 Å². The van der Waals surface area contributed by atoms with Gasteiger partial charge in [0.2, 0.25) is 0 Å². The van der Waals surface area contributed by atoms with Crippen LogP contribution >= 0.6 is 22.6 Å². The standard InChI is InChI=1S/C16H22O5.C14H16O5.C12H12O5.C12H10O5.C12H16O4.C8H8O2.C5H12O2.C5H10O2.C4H4O3.C2H6O.CH3I.2CH4.BrH.H2O4S/c1-21-14-9-6-5-8-13(14)16(20)12(11-17)7-3-2-4-10-15(18)19;1-3-18-14(16)10-8-12(15)19-13(10)9-6-4-5-7-11(9)17-2;1-16-9-5-3-2-4-7(9)11-8(12(14)15)6-10(13)17-11;13-6-7-3-1-2-4-8(7)11-9(12(15)16)5-10(14)17-11;1-15-10-5-3-2-4-9(10)12-8(7-13)6-11(14)16-12;1-10-8-5-3-2-4-7(8)6-9;1-5(2,4-6)7-3;1-2-3-4-5(6)7;5-3-1-2-4(6)7-3;1-2-3;1-2;;;;1-5(2,3)4/h2-3,5-6,8-9,12,16-17,20H,4,7,10-11H2,1H3,(H,18,19);4-7,10,13H,3,8H2,1-2H3;2-5,8,11H,6H2,1H3,(H,14,15);1-4,6,9,11H,5H2,(H,15,16);2-5,8,11-14H,6-7H2,1H3;2-6H,1H3;6H,4H2,1-3H3;2-4H2,1H3,(H,6,7);1-2H2;3H,2H2,1H3;1H3;2*1H4;1H;(H2,1,2,3,4)/p-1/b3-2-;;;;;;;;;;;;;;/t12-,16?;10-,13+;8-,11+;;8-,11?,12+;;;;;;;;;;/m100.1........../s1/i;;;;;;;;;;1D;;;;. The second kappa shape index (κ2) is 72.5. The van der Waals surface area contributed by atoms with Gasteiger partial charge in [-0.15, -0.1) is 0 Å². The lowest BCUT2D eigenvalue weighted by Gasteiger charge is -2.21. The number of cyclic esters (lactones) is 5. The van der Waals surface area contributed by atoms with Gasteiger partial charge in [0.15, 0.2) is 12.6 Å². The number of halogens is 2. The summed E-state index contributed by atoms with van der Waals surface area (Å²) < 4.78 is 98.1. The molecule has 5 aliphatic heterocycles. The molecular formula is C93H129BrIO38S-. The van der Waals surface area contributed by atoms with E-state index in [0.29, 0.717) is 93.3 Å². The van der Waals surface area contributed by atoms with Crippen molar-refractivity contribution in [2.75, 3.05) is 80.6 Å². The SMILES string of the molecule is C.C.CCCCC(=O)O.CCO.CCOC(=O)[C@H]1CC(=O)O[C@@H]1c1ccccc1OC.COC(C)(C)CO.COc1ccccc1C(O)[C@@H](CO)C/C=C\CCC(=O)O.COc1ccccc1C=O.COc1ccccc1[C@H]1OC(=O)C[C@@H]1C(=O)O.COc1ccccc1[C@H]1OC(O)C[C@@H]1CO.O=C1CCC(=O)O1.O=Cc1ccccc1C1OC(=O)CC1C(=O)O.O=S(=O)(O)O.[2H]CI.[Br-]. The van der Waals surface area contributed by atoms with E-state index >= 15 is 0 Å². The molecule has 41 heteroatoms. The zero-order chi connectivity index (χ0) is 100. The summed E-state index contributed by atoms with van der Waals surface area (Å²) in [6.07, 6.45) is 4.58. The van der Waals surface area contributed by atoms with E-state index in [1.807, 2.05) is 91.9 Å². The molecular weight excluding hydrogens is 1960 g/mol. The Kier molecular flexibility index (Phi) is 68.8. The lowest BCUT2D eigenvalue weighted by Crippen LogP contribution is -3.00. The summed E-state index contributed by atoms with van der Waals surface area (Å²) in [6, 6.07) is 42.4. The number of methoxy groups -OCH3 is 6. The fourth-order valence-electron chi connectivity index (χ4n) is 11.9. The maximum Gasteiger partial charge on any atom is 0.394 e. The van der Waals surface area contributed by atoms with Crippen LogP contribution in [0.15, 0.2) is 158 Å². The van der Waals surface area contributed by atoms with Crippen molar-refractivity contribution in [3.8, 4) is 28.7 Å². The Bertz CT molecular complexity index is 4600. The number of esters is 6. The van der Waals surface area contributed by atoms with Crippen LogP contribution in [0.3, 0.4) is 0 Å². The fraction of sp³-hybridized carbons (Fsp3) is 0.462. The van der Waals surface area contributed by atoms with Crippen molar-refractivity contribution in [2.45, 2.75) is 169 Å². The molecule has 11 atom stereocenters. The number of alkyl halides is 1. The average Bonchev–Trinajstić information content (AvgIpc) is 1.67. The number of allylic oxidation sites excluding steroid dienone is 2. The number of carbonyl (C=O) groups excluding carboxylic acids is 8. The second-order valence-corrected chi connectivity index (χ2v) is 29.0. The maximum absolute atomic E-state index is 11.9. The fourth-order valence-corrected chi connectivity index (χ4v) is 11.9. The Morgan fingerprint density at radius 2 is 0.910 bits per heavy atom. The summed E-state index contributed by atoms with van der Waals surface area (Å²) in [4.78, 5) is 130. The molecule has 6 aromatic carbocycles. The highest BCUT2D eigenvalue weighted by atomic mass is 127. The number of aldehydes is 2. The normalized spacial score (nSPS) is 18.2. The van der Waals surface area contributed by atoms with Crippen LogP contribution in [0.2, 0.25) is 0 Å². The first-order chi connectivity index (χ1) is 62.7. The van der Waals surface area contributed by atoms with Crippen molar-refractivity contribution in [3.63, 3.8) is 0 Å². The number of hydrogen-bond donors (Lipinski definition) is 12.